The molecule has 38 heavy (non-hydrogen) atoms. The topological polar surface area (TPSA) is 80.1 Å². The minimum atomic E-state index is -4.41. The number of anilines is 1. The highest BCUT2D eigenvalue weighted by atomic mass is 19.4. The lowest BCUT2D eigenvalue weighted by molar-refractivity contribution is -0.137. The first kappa shape index (κ1) is 25.4. The molecule has 7 nitrogen and oxygen atoms in total. The van der Waals surface area contributed by atoms with Gasteiger partial charge in [-0.3, -0.25) is 14.2 Å². The van der Waals surface area contributed by atoms with E-state index < -0.39 is 11.7 Å². The Hall–Kier alpha value is -4.21. The number of para-hydroxylation sites is 1. The third-order valence-corrected chi connectivity index (χ3v) is 6.82. The molecule has 2 aromatic heterocycles. The van der Waals surface area contributed by atoms with Crippen molar-refractivity contribution in [2.45, 2.75) is 45.6 Å². The molecule has 1 aliphatic heterocycles. The SMILES string of the molecule is CCn1c(NC(C)c2ccc(C(F)(F)F)cc2)nc2c(c1=O)CN(C(=O)c1ccc3ccccc3n1)CC2. The van der Waals surface area contributed by atoms with Gasteiger partial charge >= 0.3 is 6.18 Å². The molecule has 1 unspecified atom stereocenters. The summed E-state index contributed by atoms with van der Waals surface area (Å²) in [5.41, 5.74) is 1.78. The van der Waals surface area contributed by atoms with Gasteiger partial charge in [0.05, 0.1) is 34.9 Å². The molecule has 4 aromatic rings. The zero-order valence-corrected chi connectivity index (χ0v) is 20.9. The van der Waals surface area contributed by atoms with Crippen molar-refractivity contribution in [2.24, 2.45) is 0 Å². The second-order valence-corrected chi connectivity index (χ2v) is 9.26. The number of fused-ring (bicyclic) bond motifs is 2. The number of aromatic nitrogens is 3. The van der Waals surface area contributed by atoms with Crippen LogP contribution < -0.4 is 10.9 Å². The quantitative estimate of drug-likeness (QED) is 0.391. The number of pyridine rings is 1. The predicted molar refractivity (Wildman–Crippen MR) is 138 cm³/mol. The molecule has 5 rings (SSSR count). The number of nitrogens with one attached hydrogen (secondary N) is 1. The van der Waals surface area contributed by atoms with E-state index in [1.807, 2.05) is 37.3 Å². The van der Waals surface area contributed by atoms with Crippen molar-refractivity contribution in [3.05, 3.63) is 99.1 Å². The summed E-state index contributed by atoms with van der Waals surface area (Å²) in [6.45, 7) is 4.46. The maximum Gasteiger partial charge on any atom is 0.416 e. The average molecular weight is 522 g/mol. The Balaban J connectivity index is 1.38. The van der Waals surface area contributed by atoms with E-state index in [9.17, 15) is 22.8 Å². The lowest BCUT2D eigenvalue weighted by Crippen LogP contribution is -2.41. The number of carbonyl (C=O) groups excluding carboxylic acids is 1. The van der Waals surface area contributed by atoms with Crippen LogP contribution in [0.25, 0.3) is 10.9 Å². The van der Waals surface area contributed by atoms with Crippen LogP contribution in [0.5, 0.6) is 0 Å². The molecule has 196 valence electrons. The highest BCUT2D eigenvalue weighted by molar-refractivity contribution is 5.95. The van der Waals surface area contributed by atoms with Gasteiger partial charge in [-0.15, -0.1) is 0 Å². The monoisotopic (exact) mass is 521 g/mol. The van der Waals surface area contributed by atoms with Crippen LogP contribution in [0.1, 0.15) is 52.8 Å². The molecule has 1 amide bonds. The molecular formula is C28H26F3N5O2. The van der Waals surface area contributed by atoms with Crippen molar-refractivity contribution in [2.75, 3.05) is 11.9 Å². The first-order chi connectivity index (χ1) is 18.2. The first-order valence-electron chi connectivity index (χ1n) is 12.4. The lowest BCUT2D eigenvalue weighted by Gasteiger charge is -2.29. The van der Waals surface area contributed by atoms with Gasteiger partial charge in [-0.2, -0.15) is 13.2 Å². The highest BCUT2D eigenvalue weighted by Crippen LogP contribution is 2.30. The summed E-state index contributed by atoms with van der Waals surface area (Å²) in [7, 11) is 0. The van der Waals surface area contributed by atoms with E-state index in [4.69, 9.17) is 4.98 Å². The number of amides is 1. The second kappa shape index (κ2) is 9.92. The number of benzene rings is 2. The lowest BCUT2D eigenvalue weighted by atomic mass is 10.1. The summed E-state index contributed by atoms with van der Waals surface area (Å²) in [5.74, 6) is 0.0987. The molecule has 10 heteroatoms. The van der Waals surface area contributed by atoms with Crippen LogP contribution in [-0.4, -0.2) is 31.9 Å². The molecule has 2 aromatic carbocycles. The molecule has 0 radical (unpaired) electrons. The molecule has 1 aliphatic rings. The van der Waals surface area contributed by atoms with Gasteiger partial charge in [0.15, 0.2) is 0 Å². The fourth-order valence-corrected chi connectivity index (χ4v) is 4.68. The number of rotatable bonds is 5. The van der Waals surface area contributed by atoms with Crippen LogP contribution in [0.3, 0.4) is 0 Å². The van der Waals surface area contributed by atoms with Gasteiger partial charge in [0.25, 0.3) is 11.5 Å². The van der Waals surface area contributed by atoms with Crippen LogP contribution in [0.4, 0.5) is 19.1 Å². The Morgan fingerprint density at radius 1 is 1.05 bits per heavy atom. The minimum absolute atomic E-state index is 0.128. The van der Waals surface area contributed by atoms with E-state index in [1.165, 1.54) is 16.7 Å². The normalized spacial score (nSPS) is 14.3. The zero-order valence-electron chi connectivity index (χ0n) is 20.9. The molecular weight excluding hydrogens is 495 g/mol. The van der Waals surface area contributed by atoms with E-state index >= 15 is 0 Å². The minimum Gasteiger partial charge on any atom is -0.349 e. The van der Waals surface area contributed by atoms with E-state index in [0.717, 1.165) is 23.0 Å². The molecule has 0 saturated carbocycles. The summed E-state index contributed by atoms with van der Waals surface area (Å²) < 4.78 is 40.2. The van der Waals surface area contributed by atoms with Crippen molar-refractivity contribution in [1.82, 2.24) is 19.4 Å². The second-order valence-electron chi connectivity index (χ2n) is 9.26. The smallest absolute Gasteiger partial charge is 0.349 e. The molecule has 3 heterocycles. The van der Waals surface area contributed by atoms with Gasteiger partial charge in [-0.1, -0.05) is 36.4 Å². The van der Waals surface area contributed by atoms with Gasteiger partial charge in [-0.05, 0) is 43.7 Å². The van der Waals surface area contributed by atoms with Crippen LogP contribution in [0.2, 0.25) is 0 Å². The van der Waals surface area contributed by atoms with Crippen molar-refractivity contribution in [3.63, 3.8) is 0 Å². The number of nitrogens with zero attached hydrogens (tertiary/aromatic N) is 4. The Bertz CT molecular complexity index is 1560. The third-order valence-electron chi connectivity index (χ3n) is 6.82. The van der Waals surface area contributed by atoms with Crippen molar-refractivity contribution >= 4 is 22.8 Å². The molecule has 1 atom stereocenters. The molecule has 0 aliphatic carbocycles. The van der Waals surface area contributed by atoms with Gasteiger partial charge in [-0.25, -0.2) is 9.97 Å². The molecule has 0 spiro atoms. The van der Waals surface area contributed by atoms with Crippen molar-refractivity contribution < 1.29 is 18.0 Å². The number of halogens is 3. The van der Waals surface area contributed by atoms with E-state index in [2.05, 4.69) is 10.3 Å². The van der Waals surface area contributed by atoms with Crippen LogP contribution in [0, 0.1) is 0 Å². The summed E-state index contributed by atoms with van der Waals surface area (Å²) in [6.07, 6.45) is -4.00. The standard InChI is InChI=1S/C28H26F3N5O2/c1-3-36-25(37)21-16-35(26(38)24-13-10-19-6-4-5-7-22(19)33-24)15-14-23(21)34-27(36)32-17(2)18-8-11-20(12-9-18)28(29,30)31/h4-13,17H,3,14-16H2,1-2H3,(H,32,34). The van der Waals surface area contributed by atoms with Gasteiger partial charge in [0.1, 0.15) is 5.69 Å². The predicted octanol–water partition coefficient (Wildman–Crippen LogP) is 5.20. The fourth-order valence-electron chi connectivity index (χ4n) is 4.68. The van der Waals surface area contributed by atoms with E-state index in [-0.39, 0.29) is 24.1 Å². The van der Waals surface area contributed by atoms with Gasteiger partial charge < -0.3 is 10.2 Å². The van der Waals surface area contributed by atoms with Crippen molar-refractivity contribution in [3.8, 4) is 0 Å². The highest BCUT2D eigenvalue weighted by Gasteiger charge is 2.30. The molecule has 0 fully saturated rings. The molecule has 1 N–H and O–H groups in total. The zero-order chi connectivity index (χ0) is 27.0. The Labute approximate surface area is 217 Å². The average Bonchev–Trinajstić information content (AvgIpc) is 2.92. The number of hydrogen-bond acceptors (Lipinski definition) is 5. The third kappa shape index (κ3) is 4.85. The van der Waals surface area contributed by atoms with Gasteiger partial charge in [0.2, 0.25) is 5.95 Å². The Kier molecular flexibility index (Phi) is 6.64. The van der Waals surface area contributed by atoms with E-state index in [0.29, 0.717) is 48.0 Å². The van der Waals surface area contributed by atoms with Crippen LogP contribution >= 0.6 is 0 Å². The first-order valence-corrected chi connectivity index (χ1v) is 12.4. The molecule has 0 saturated heterocycles. The number of carbonyl (C=O) groups is 1. The Morgan fingerprint density at radius 3 is 2.50 bits per heavy atom. The maximum absolute atomic E-state index is 13.4. The Morgan fingerprint density at radius 2 is 1.79 bits per heavy atom. The molecule has 0 bridgehead atoms. The number of alkyl halides is 3. The summed E-state index contributed by atoms with van der Waals surface area (Å²) >= 11 is 0. The number of hydrogen-bond donors (Lipinski definition) is 1. The fraction of sp³-hybridized carbons (Fsp3) is 0.286. The van der Waals surface area contributed by atoms with E-state index in [1.54, 1.807) is 17.9 Å². The van der Waals surface area contributed by atoms with Crippen LogP contribution in [0.15, 0.2) is 65.5 Å². The van der Waals surface area contributed by atoms with Gasteiger partial charge in [0, 0.05) is 24.9 Å². The largest absolute Gasteiger partial charge is 0.416 e. The van der Waals surface area contributed by atoms with Crippen LogP contribution in [-0.2, 0) is 25.7 Å². The van der Waals surface area contributed by atoms with Crippen molar-refractivity contribution in [1.29, 1.82) is 0 Å². The summed E-state index contributed by atoms with van der Waals surface area (Å²) in [6, 6.07) is 15.6. The summed E-state index contributed by atoms with van der Waals surface area (Å²) in [4.78, 5) is 37.4. The summed E-state index contributed by atoms with van der Waals surface area (Å²) in [5, 5.41) is 4.12. The maximum atomic E-state index is 13.4.